The summed E-state index contributed by atoms with van der Waals surface area (Å²) in [4.78, 5) is 0. The van der Waals surface area contributed by atoms with Gasteiger partial charge in [0, 0.05) is 17.0 Å². The van der Waals surface area contributed by atoms with Crippen LogP contribution in [0.25, 0.3) is 0 Å². The molecule has 0 bridgehead atoms. The molecule has 0 saturated carbocycles. The highest BCUT2D eigenvalue weighted by Gasteiger charge is 2.19. The molecule has 1 fully saturated rings. The summed E-state index contributed by atoms with van der Waals surface area (Å²) in [6, 6.07) is 0. The van der Waals surface area contributed by atoms with E-state index in [0.717, 1.165) is 0 Å². The van der Waals surface area contributed by atoms with Gasteiger partial charge in [-0.15, -0.1) is 0 Å². The van der Waals surface area contributed by atoms with Crippen molar-refractivity contribution in [2.45, 2.75) is 25.0 Å². The largest absolute Gasteiger partial charge is 0.316 e. The van der Waals surface area contributed by atoms with Gasteiger partial charge in [-0.2, -0.15) is 11.8 Å². The molecule has 1 aliphatic rings. The number of thioether (sulfide) groups is 1. The third kappa shape index (κ3) is 2.59. The van der Waals surface area contributed by atoms with Crippen molar-refractivity contribution in [2.24, 2.45) is 0 Å². The third-order valence-electron chi connectivity index (χ3n) is 1.68. The van der Waals surface area contributed by atoms with E-state index in [2.05, 4.69) is 30.9 Å². The van der Waals surface area contributed by atoms with Crippen LogP contribution >= 0.6 is 11.8 Å². The topological polar surface area (TPSA) is 12.0 Å². The minimum absolute atomic E-state index is 0.517. The first-order valence-corrected chi connectivity index (χ1v) is 4.54. The highest BCUT2D eigenvalue weighted by molar-refractivity contribution is 8.00. The normalized spacial score (nSPS) is 27.3. The standard InChI is InChI=1S/C7H15NS/c1-7(2)3-4-8-5-6-9-7/h8H,3-6H2,1-2H3. The molecule has 0 atom stereocenters. The Balaban J connectivity index is 2.36. The van der Waals surface area contributed by atoms with Gasteiger partial charge in [0.15, 0.2) is 0 Å². The summed E-state index contributed by atoms with van der Waals surface area (Å²) >= 11 is 2.08. The molecule has 0 aromatic rings. The van der Waals surface area contributed by atoms with E-state index in [1.165, 1.54) is 25.3 Å². The van der Waals surface area contributed by atoms with Gasteiger partial charge < -0.3 is 5.32 Å². The van der Waals surface area contributed by atoms with Gasteiger partial charge in [-0.3, -0.25) is 0 Å². The predicted molar refractivity (Wildman–Crippen MR) is 44.0 cm³/mol. The van der Waals surface area contributed by atoms with E-state index in [0.29, 0.717) is 4.75 Å². The number of nitrogens with one attached hydrogen (secondary N) is 1. The lowest BCUT2D eigenvalue weighted by atomic mass is 10.1. The predicted octanol–water partition coefficient (Wildman–Crippen LogP) is 1.49. The van der Waals surface area contributed by atoms with E-state index in [1.54, 1.807) is 0 Å². The zero-order chi connectivity index (χ0) is 6.74. The first-order chi connectivity index (χ1) is 4.21. The fraction of sp³-hybridized carbons (Fsp3) is 1.00. The second-order valence-corrected chi connectivity index (χ2v) is 4.91. The Morgan fingerprint density at radius 2 is 2.11 bits per heavy atom. The second-order valence-electron chi connectivity index (χ2n) is 3.11. The fourth-order valence-electron chi connectivity index (χ4n) is 0.986. The highest BCUT2D eigenvalue weighted by Crippen LogP contribution is 2.28. The average molecular weight is 145 g/mol. The van der Waals surface area contributed by atoms with Crippen LogP contribution in [0.15, 0.2) is 0 Å². The summed E-state index contributed by atoms with van der Waals surface area (Å²) in [7, 11) is 0. The van der Waals surface area contributed by atoms with Crippen LogP contribution < -0.4 is 5.32 Å². The van der Waals surface area contributed by atoms with Crippen molar-refractivity contribution in [1.82, 2.24) is 5.32 Å². The monoisotopic (exact) mass is 145 g/mol. The Bertz CT molecular complexity index is 80.9. The van der Waals surface area contributed by atoms with Gasteiger partial charge >= 0.3 is 0 Å². The summed E-state index contributed by atoms with van der Waals surface area (Å²) in [5.74, 6) is 1.27. The first kappa shape index (κ1) is 7.42. The van der Waals surface area contributed by atoms with Crippen LogP contribution in [0.4, 0.5) is 0 Å². The zero-order valence-corrected chi connectivity index (χ0v) is 7.05. The molecule has 0 radical (unpaired) electrons. The Morgan fingerprint density at radius 3 is 2.89 bits per heavy atom. The lowest BCUT2D eigenvalue weighted by molar-refractivity contribution is 0.603. The van der Waals surface area contributed by atoms with Crippen molar-refractivity contribution < 1.29 is 0 Å². The third-order valence-corrected chi connectivity index (χ3v) is 3.07. The van der Waals surface area contributed by atoms with Gasteiger partial charge in [0.1, 0.15) is 0 Å². The molecule has 1 saturated heterocycles. The summed E-state index contributed by atoms with van der Waals surface area (Å²) in [6.45, 7) is 7.03. The maximum absolute atomic E-state index is 3.38. The molecule has 1 heterocycles. The smallest absolute Gasteiger partial charge is 0.0116 e. The zero-order valence-electron chi connectivity index (χ0n) is 6.24. The molecule has 2 heteroatoms. The average Bonchev–Trinajstić information content (AvgIpc) is 1.92. The molecule has 0 aliphatic carbocycles. The van der Waals surface area contributed by atoms with Gasteiger partial charge in [0.05, 0.1) is 0 Å². The molecule has 0 amide bonds. The Hall–Kier alpha value is 0.310. The van der Waals surface area contributed by atoms with Crippen LogP contribution in [0.5, 0.6) is 0 Å². The van der Waals surface area contributed by atoms with Gasteiger partial charge in [-0.05, 0) is 13.0 Å². The van der Waals surface area contributed by atoms with Gasteiger partial charge in [0.25, 0.3) is 0 Å². The number of hydrogen-bond donors (Lipinski definition) is 1. The molecule has 0 spiro atoms. The molecule has 1 aliphatic heterocycles. The van der Waals surface area contributed by atoms with E-state index in [9.17, 15) is 0 Å². The number of hydrogen-bond acceptors (Lipinski definition) is 2. The molecule has 1 rings (SSSR count). The van der Waals surface area contributed by atoms with Crippen molar-refractivity contribution >= 4 is 11.8 Å². The van der Waals surface area contributed by atoms with E-state index < -0.39 is 0 Å². The fourth-order valence-corrected chi connectivity index (χ4v) is 2.03. The van der Waals surface area contributed by atoms with Crippen molar-refractivity contribution in [3.8, 4) is 0 Å². The molecule has 1 N–H and O–H groups in total. The summed E-state index contributed by atoms with van der Waals surface area (Å²) in [5, 5.41) is 3.38. The van der Waals surface area contributed by atoms with Crippen LogP contribution in [0, 0.1) is 0 Å². The van der Waals surface area contributed by atoms with E-state index in [4.69, 9.17) is 0 Å². The summed E-state index contributed by atoms with van der Waals surface area (Å²) in [5.41, 5.74) is 0. The van der Waals surface area contributed by atoms with E-state index >= 15 is 0 Å². The first-order valence-electron chi connectivity index (χ1n) is 3.55. The van der Waals surface area contributed by atoms with Crippen LogP contribution in [0.2, 0.25) is 0 Å². The molecule has 54 valence electrons. The van der Waals surface area contributed by atoms with Crippen molar-refractivity contribution in [3.05, 3.63) is 0 Å². The second kappa shape index (κ2) is 2.93. The Labute approximate surface area is 61.6 Å². The molecule has 1 nitrogen and oxygen atoms in total. The molecular formula is C7H15NS. The van der Waals surface area contributed by atoms with Gasteiger partial charge in [0.2, 0.25) is 0 Å². The van der Waals surface area contributed by atoms with Crippen molar-refractivity contribution in [1.29, 1.82) is 0 Å². The van der Waals surface area contributed by atoms with E-state index in [1.807, 2.05) is 0 Å². The highest BCUT2D eigenvalue weighted by atomic mass is 32.2. The lowest BCUT2D eigenvalue weighted by Crippen LogP contribution is -2.19. The number of rotatable bonds is 0. The lowest BCUT2D eigenvalue weighted by Gasteiger charge is -2.19. The maximum Gasteiger partial charge on any atom is 0.0116 e. The molecule has 0 aromatic heterocycles. The molecular weight excluding hydrogens is 130 g/mol. The minimum Gasteiger partial charge on any atom is -0.316 e. The summed E-state index contributed by atoms with van der Waals surface area (Å²) < 4.78 is 0.517. The van der Waals surface area contributed by atoms with Crippen LogP contribution in [0.3, 0.4) is 0 Å². The SMILES string of the molecule is CC1(C)CCNCCS1. The Morgan fingerprint density at radius 1 is 1.33 bits per heavy atom. The Kier molecular flexibility index (Phi) is 2.42. The quantitative estimate of drug-likeness (QED) is 0.554. The summed E-state index contributed by atoms with van der Waals surface area (Å²) in [6.07, 6.45) is 1.30. The van der Waals surface area contributed by atoms with E-state index in [-0.39, 0.29) is 0 Å². The molecule has 0 aromatic carbocycles. The minimum atomic E-state index is 0.517. The molecule has 0 unspecified atom stereocenters. The molecule has 9 heavy (non-hydrogen) atoms. The van der Waals surface area contributed by atoms with Gasteiger partial charge in [-0.25, -0.2) is 0 Å². The van der Waals surface area contributed by atoms with Crippen LogP contribution in [-0.4, -0.2) is 23.6 Å². The van der Waals surface area contributed by atoms with Crippen molar-refractivity contribution in [3.63, 3.8) is 0 Å². The maximum atomic E-state index is 3.38. The van der Waals surface area contributed by atoms with Crippen molar-refractivity contribution in [2.75, 3.05) is 18.8 Å². The van der Waals surface area contributed by atoms with Gasteiger partial charge in [-0.1, -0.05) is 13.8 Å². The van der Waals surface area contributed by atoms with Crippen LogP contribution in [-0.2, 0) is 0 Å². The van der Waals surface area contributed by atoms with Crippen LogP contribution in [0.1, 0.15) is 20.3 Å².